The average Bonchev–Trinajstić information content (AvgIpc) is 3.07. The van der Waals surface area contributed by atoms with Crippen LogP contribution < -0.4 is 15.0 Å². The predicted molar refractivity (Wildman–Crippen MR) is 99.7 cm³/mol. The number of fused-ring (bicyclic) bond motifs is 1. The molecule has 4 rings (SSSR count). The Hall–Kier alpha value is -2.31. The van der Waals surface area contributed by atoms with Crippen molar-refractivity contribution in [2.45, 2.75) is 13.0 Å². The van der Waals surface area contributed by atoms with E-state index in [1.54, 1.807) is 12.4 Å². The van der Waals surface area contributed by atoms with Crippen LogP contribution in [0.4, 0.5) is 6.01 Å². The summed E-state index contributed by atoms with van der Waals surface area (Å²) in [6.45, 7) is 5.18. The van der Waals surface area contributed by atoms with Gasteiger partial charge in [0.25, 0.3) is 6.01 Å². The van der Waals surface area contributed by atoms with Gasteiger partial charge in [0.1, 0.15) is 17.9 Å². The molecular weight excluding hydrogens is 340 g/mol. The number of hydrogen-bond acceptors (Lipinski definition) is 6. The van der Waals surface area contributed by atoms with E-state index >= 15 is 0 Å². The molecule has 6 nitrogen and oxygen atoms in total. The van der Waals surface area contributed by atoms with Crippen molar-refractivity contribution in [2.75, 3.05) is 31.1 Å². The quantitative estimate of drug-likeness (QED) is 0.772. The molecule has 1 aliphatic rings. The summed E-state index contributed by atoms with van der Waals surface area (Å²) in [7, 11) is 0. The molecule has 1 atom stereocenters. The number of aryl methyl sites for hydroxylation is 1. The molecule has 3 heterocycles. The number of nitrogens with one attached hydrogen (secondary N) is 1. The molecule has 0 spiro atoms. The Balaban J connectivity index is 0.00000182. The van der Waals surface area contributed by atoms with Crippen LogP contribution in [0.25, 0.3) is 11.1 Å². The summed E-state index contributed by atoms with van der Waals surface area (Å²) in [5.74, 6) is 0.774. The van der Waals surface area contributed by atoms with Gasteiger partial charge >= 0.3 is 0 Å². The van der Waals surface area contributed by atoms with Crippen molar-refractivity contribution in [3.05, 3.63) is 48.3 Å². The summed E-state index contributed by atoms with van der Waals surface area (Å²) in [6, 6.07) is 10.6. The monoisotopic (exact) mass is 360 g/mol. The first kappa shape index (κ1) is 17.5. The fraction of sp³-hybridized carbons (Fsp3) is 0.333. The SMILES string of the molecule is Cc1cccc2oc(N3CCNCC3COc3cccnc3)nc12.Cl. The highest BCUT2D eigenvalue weighted by atomic mass is 35.5. The topological polar surface area (TPSA) is 63.4 Å². The van der Waals surface area contributed by atoms with Crippen LogP contribution in [0.3, 0.4) is 0 Å². The third-order valence-electron chi connectivity index (χ3n) is 4.28. The molecule has 1 aromatic carbocycles. The lowest BCUT2D eigenvalue weighted by Gasteiger charge is -2.34. The van der Waals surface area contributed by atoms with Crippen molar-refractivity contribution in [3.8, 4) is 5.75 Å². The Morgan fingerprint density at radius 1 is 1.32 bits per heavy atom. The lowest BCUT2D eigenvalue weighted by atomic mass is 10.2. The van der Waals surface area contributed by atoms with Crippen LogP contribution in [-0.4, -0.2) is 42.3 Å². The van der Waals surface area contributed by atoms with E-state index in [-0.39, 0.29) is 18.4 Å². The molecule has 7 heteroatoms. The second-order valence-corrected chi connectivity index (χ2v) is 5.97. The number of nitrogens with zero attached hydrogens (tertiary/aromatic N) is 3. The minimum absolute atomic E-state index is 0. The highest BCUT2D eigenvalue weighted by molar-refractivity contribution is 5.85. The van der Waals surface area contributed by atoms with Gasteiger partial charge in [-0.1, -0.05) is 12.1 Å². The van der Waals surface area contributed by atoms with Gasteiger partial charge < -0.3 is 19.4 Å². The highest BCUT2D eigenvalue weighted by Crippen LogP contribution is 2.26. The number of para-hydroxylation sites is 1. The summed E-state index contributed by atoms with van der Waals surface area (Å²) in [6.07, 6.45) is 3.46. The Morgan fingerprint density at radius 2 is 2.24 bits per heavy atom. The number of rotatable bonds is 4. The molecule has 1 saturated heterocycles. The van der Waals surface area contributed by atoms with Gasteiger partial charge in [-0.15, -0.1) is 12.4 Å². The Morgan fingerprint density at radius 3 is 3.04 bits per heavy atom. The molecule has 0 amide bonds. The Kier molecular flexibility index (Phi) is 5.40. The number of aromatic nitrogens is 2. The summed E-state index contributed by atoms with van der Waals surface area (Å²) in [5, 5.41) is 3.41. The summed E-state index contributed by atoms with van der Waals surface area (Å²) in [4.78, 5) is 11.0. The molecule has 0 aliphatic carbocycles. The first-order valence-corrected chi connectivity index (χ1v) is 8.17. The van der Waals surface area contributed by atoms with Crippen molar-refractivity contribution in [1.29, 1.82) is 0 Å². The van der Waals surface area contributed by atoms with E-state index in [2.05, 4.69) is 28.2 Å². The molecule has 2 aromatic heterocycles. The van der Waals surface area contributed by atoms with Gasteiger partial charge in [0.15, 0.2) is 5.58 Å². The highest BCUT2D eigenvalue weighted by Gasteiger charge is 2.27. The number of ether oxygens (including phenoxy) is 1. The van der Waals surface area contributed by atoms with Gasteiger partial charge in [0.2, 0.25) is 0 Å². The zero-order valence-corrected chi connectivity index (χ0v) is 14.8. The number of benzene rings is 1. The van der Waals surface area contributed by atoms with Gasteiger partial charge in [-0.3, -0.25) is 4.98 Å². The van der Waals surface area contributed by atoms with Gasteiger partial charge in [0.05, 0.1) is 12.2 Å². The van der Waals surface area contributed by atoms with Crippen LogP contribution in [0.1, 0.15) is 5.56 Å². The second-order valence-electron chi connectivity index (χ2n) is 5.97. The van der Waals surface area contributed by atoms with E-state index in [0.717, 1.165) is 42.0 Å². The van der Waals surface area contributed by atoms with Crippen molar-refractivity contribution in [1.82, 2.24) is 15.3 Å². The number of halogens is 1. The molecule has 0 radical (unpaired) electrons. The van der Waals surface area contributed by atoms with Crippen LogP contribution in [0, 0.1) is 6.92 Å². The molecule has 1 N–H and O–H groups in total. The molecule has 25 heavy (non-hydrogen) atoms. The molecule has 1 aliphatic heterocycles. The number of hydrogen-bond donors (Lipinski definition) is 1. The lowest BCUT2D eigenvalue weighted by Crippen LogP contribution is -2.54. The molecule has 1 fully saturated rings. The molecule has 0 bridgehead atoms. The van der Waals surface area contributed by atoms with Gasteiger partial charge in [-0.25, -0.2) is 0 Å². The molecular formula is C18H21ClN4O2. The normalized spacial score (nSPS) is 17.3. The van der Waals surface area contributed by atoms with Crippen LogP contribution in [0.5, 0.6) is 5.75 Å². The third-order valence-corrected chi connectivity index (χ3v) is 4.28. The first-order valence-electron chi connectivity index (χ1n) is 8.17. The summed E-state index contributed by atoms with van der Waals surface area (Å²) in [5.41, 5.74) is 2.88. The predicted octanol–water partition coefficient (Wildman–Crippen LogP) is 2.81. The smallest absolute Gasteiger partial charge is 0.298 e. The van der Waals surface area contributed by atoms with Crippen LogP contribution in [0.15, 0.2) is 47.1 Å². The van der Waals surface area contributed by atoms with Gasteiger partial charge in [-0.2, -0.15) is 4.98 Å². The van der Waals surface area contributed by atoms with Crippen LogP contribution >= 0.6 is 12.4 Å². The van der Waals surface area contributed by atoms with Crippen molar-refractivity contribution >= 4 is 29.5 Å². The van der Waals surface area contributed by atoms with Crippen molar-refractivity contribution in [2.24, 2.45) is 0 Å². The number of anilines is 1. The van der Waals surface area contributed by atoms with E-state index in [1.165, 1.54) is 0 Å². The van der Waals surface area contributed by atoms with Crippen LogP contribution in [0.2, 0.25) is 0 Å². The van der Waals surface area contributed by atoms with Gasteiger partial charge in [-0.05, 0) is 30.7 Å². The first-order chi connectivity index (χ1) is 11.8. The lowest BCUT2D eigenvalue weighted by molar-refractivity contribution is 0.261. The molecule has 1 unspecified atom stereocenters. The summed E-state index contributed by atoms with van der Waals surface area (Å²) >= 11 is 0. The van der Waals surface area contributed by atoms with Crippen LogP contribution in [-0.2, 0) is 0 Å². The van der Waals surface area contributed by atoms with E-state index in [0.29, 0.717) is 12.6 Å². The maximum absolute atomic E-state index is 5.99. The minimum Gasteiger partial charge on any atom is -0.490 e. The van der Waals surface area contributed by atoms with Crippen molar-refractivity contribution < 1.29 is 9.15 Å². The Labute approximate surface area is 152 Å². The number of piperazine rings is 1. The molecule has 132 valence electrons. The maximum Gasteiger partial charge on any atom is 0.298 e. The van der Waals surface area contributed by atoms with Gasteiger partial charge in [0, 0.05) is 25.8 Å². The maximum atomic E-state index is 5.99. The number of oxazole rings is 1. The fourth-order valence-corrected chi connectivity index (χ4v) is 2.98. The van der Waals surface area contributed by atoms with E-state index < -0.39 is 0 Å². The largest absolute Gasteiger partial charge is 0.490 e. The number of pyridine rings is 1. The zero-order chi connectivity index (χ0) is 16.4. The molecule has 3 aromatic rings. The molecule has 0 saturated carbocycles. The third kappa shape index (κ3) is 3.70. The zero-order valence-electron chi connectivity index (χ0n) is 14.0. The van der Waals surface area contributed by atoms with E-state index in [9.17, 15) is 0 Å². The second kappa shape index (κ2) is 7.72. The van der Waals surface area contributed by atoms with E-state index in [4.69, 9.17) is 14.1 Å². The average molecular weight is 361 g/mol. The standard InChI is InChI=1S/C18H20N4O2.ClH/c1-13-4-2-6-16-17(13)21-18(24-16)22-9-8-20-10-14(22)12-23-15-5-3-7-19-11-15;/h2-7,11,14,20H,8-10,12H2,1H3;1H. The van der Waals surface area contributed by atoms with E-state index in [1.807, 2.05) is 24.3 Å². The van der Waals surface area contributed by atoms with Crippen molar-refractivity contribution in [3.63, 3.8) is 0 Å². The summed E-state index contributed by atoms with van der Waals surface area (Å²) < 4.78 is 11.9. The Bertz CT molecular complexity index is 824. The fourth-order valence-electron chi connectivity index (χ4n) is 2.98. The minimum atomic E-state index is 0.